The van der Waals surface area contributed by atoms with Gasteiger partial charge in [0.05, 0.1) is 18.3 Å². The number of amides is 2. The number of hydrogen-bond acceptors (Lipinski definition) is 5. The first kappa shape index (κ1) is 20.3. The Morgan fingerprint density at radius 1 is 1.14 bits per heavy atom. The Morgan fingerprint density at radius 3 is 2.79 bits per heavy atom. The standard InChI is InChI=1S/C22H33N5O2/c1-3-18-7-4-5-10-26(18)15-21(29)27-11-6-8-20(27)22-23-13-17-14-25(16(2)28)12-9-19(17)24-22/h13,18,20H,3-12,14-15H2,1-2H3/t18-,20+/m1/s1. The van der Waals surface area contributed by atoms with E-state index in [1.54, 1.807) is 6.92 Å². The summed E-state index contributed by atoms with van der Waals surface area (Å²) in [5.41, 5.74) is 2.07. The topological polar surface area (TPSA) is 69.6 Å². The van der Waals surface area contributed by atoms with Crippen LogP contribution in [0, 0.1) is 0 Å². The Hall–Kier alpha value is -2.02. The monoisotopic (exact) mass is 399 g/mol. The summed E-state index contributed by atoms with van der Waals surface area (Å²) in [5.74, 6) is 1.09. The molecule has 2 saturated heterocycles. The maximum atomic E-state index is 13.2. The van der Waals surface area contributed by atoms with Crippen molar-refractivity contribution >= 4 is 11.8 Å². The van der Waals surface area contributed by atoms with Crippen LogP contribution >= 0.6 is 0 Å². The van der Waals surface area contributed by atoms with Crippen molar-refractivity contribution in [1.29, 1.82) is 0 Å². The number of fused-ring (bicyclic) bond motifs is 1. The molecule has 0 radical (unpaired) electrons. The Balaban J connectivity index is 1.46. The SMILES string of the molecule is CC[C@@H]1CCCCN1CC(=O)N1CCC[C@H]1c1ncc2c(n1)CCN(C(C)=O)C2. The quantitative estimate of drug-likeness (QED) is 0.777. The van der Waals surface area contributed by atoms with Gasteiger partial charge in [0.25, 0.3) is 0 Å². The van der Waals surface area contributed by atoms with Crippen LogP contribution in [-0.4, -0.2) is 68.7 Å². The molecule has 0 bridgehead atoms. The van der Waals surface area contributed by atoms with Crippen LogP contribution in [0.5, 0.6) is 0 Å². The predicted octanol–water partition coefficient (Wildman–Crippen LogP) is 2.31. The largest absolute Gasteiger partial charge is 0.338 e. The van der Waals surface area contributed by atoms with E-state index in [2.05, 4.69) is 16.8 Å². The Kier molecular flexibility index (Phi) is 6.13. The molecule has 1 aromatic rings. The molecular weight excluding hydrogens is 366 g/mol. The molecule has 7 nitrogen and oxygen atoms in total. The molecule has 1 aromatic heterocycles. The van der Waals surface area contributed by atoms with Crippen LogP contribution in [0.1, 0.15) is 75.5 Å². The Labute approximate surface area is 173 Å². The van der Waals surface area contributed by atoms with Gasteiger partial charge in [-0.25, -0.2) is 9.97 Å². The summed E-state index contributed by atoms with van der Waals surface area (Å²) in [6.45, 7) is 7.48. The molecule has 7 heteroatoms. The van der Waals surface area contributed by atoms with E-state index in [4.69, 9.17) is 4.98 Å². The fraction of sp³-hybridized carbons (Fsp3) is 0.727. The third-order valence-corrected chi connectivity index (χ3v) is 6.83. The first-order chi connectivity index (χ1) is 14.1. The summed E-state index contributed by atoms with van der Waals surface area (Å²) in [4.78, 5) is 40.5. The van der Waals surface area contributed by atoms with Crippen molar-refractivity contribution in [3.8, 4) is 0 Å². The maximum absolute atomic E-state index is 13.2. The third kappa shape index (κ3) is 4.29. The summed E-state index contributed by atoms with van der Waals surface area (Å²) >= 11 is 0. The maximum Gasteiger partial charge on any atom is 0.237 e. The normalized spacial score (nSPS) is 25.2. The highest BCUT2D eigenvalue weighted by Crippen LogP contribution is 2.31. The minimum Gasteiger partial charge on any atom is -0.338 e. The van der Waals surface area contributed by atoms with Crippen molar-refractivity contribution < 1.29 is 9.59 Å². The van der Waals surface area contributed by atoms with Crippen molar-refractivity contribution in [2.75, 3.05) is 26.2 Å². The molecule has 3 aliphatic rings. The van der Waals surface area contributed by atoms with Gasteiger partial charge in [0.15, 0.2) is 5.82 Å². The van der Waals surface area contributed by atoms with E-state index in [0.29, 0.717) is 25.7 Å². The van der Waals surface area contributed by atoms with Crippen LogP contribution in [0.15, 0.2) is 6.20 Å². The average molecular weight is 400 g/mol. The van der Waals surface area contributed by atoms with E-state index in [1.165, 1.54) is 19.3 Å². The van der Waals surface area contributed by atoms with Gasteiger partial charge in [-0.1, -0.05) is 13.3 Å². The average Bonchev–Trinajstić information content (AvgIpc) is 3.23. The van der Waals surface area contributed by atoms with Crippen LogP contribution in [0.3, 0.4) is 0 Å². The summed E-state index contributed by atoms with van der Waals surface area (Å²) < 4.78 is 0. The van der Waals surface area contributed by atoms with Crippen molar-refractivity contribution in [3.05, 3.63) is 23.3 Å². The van der Waals surface area contributed by atoms with Crippen molar-refractivity contribution in [2.24, 2.45) is 0 Å². The second kappa shape index (κ2) is 8.78. The highest BCUT2D eigenvalue weighted by atomic mass is 16.2. The molecule has 158 valence electrons. The first-order valence-electron chi connectivity index (χ1n) is 11.2. The number of carbonyl (C=O) groups is 2. The molecule has 2 atom stereocenters. The number of nitrogens with zero attached hydrogens (tertiary/aromatic N) is 5. The second-order valence-electron chi connectivity index (χ2n) is 8.66. The van der Waals surface area contributed by atoms with Gasteiger partial charge in [-0.2, -0.15) is 0 Å². The summed E-state index contributed by atoms with van der Waals surface area (Å²) in [6.07, 6.45) is 9.36. The highest BCUT2D eigenvalue weighted by molar-refractivity contribution is 5.79. The van der Waals surface area contributed by atoms with Crippen LogP contribution in [-0.2, 0) is 22.6 Å². The molecule has 2 amide bonds. The molecule has 0 unspecified atom stereocenters. The number of likely N-dealkylation sites (tertiary alicyclic amines) is 2. The number of rotatable bonds is 4. The summed E-state index contributed by atoms with van der Waals surface area (Å²) in [7, 11) is 0. The molecule has 0 saturated carbocycles. The second-order valence-corrected chi connectivity index (χ2v) is 8.66. The molecule has 0 spiro atoms. The Bertz CT molecular complexity index is 768. The number of hydrogen-bond donors (Lipinski definition) is 0. The molecular formula is C22H33N5O2. The third-order valence-electron chi connectivity index (χ3n) is 6.83. The number of aromatic nitrogens is 2. The van der Waals surface area contributed by atoms with Gasteiger partial charge >= 0.3 is 0 Å². The molecule has 0 aromatic carbocycles. The van der Waals surface area contributed by atoms with Crippen molar-refractivity contribution in [2.45, 2.75) is 77.4 Å². The minimum atomic E-state index is -0.0106. The smallest absolute Gasteiger partial charge is 0.237 e. The van der Waals surface area contributed by atoms with E-state index in [9.17, 15) is 9.59 Å². The first-order valence-corrected chi connectivity index (χ1v) is 11.2. The lowest BCUT2D eigenvalue weighted by Crippen LogP contribution is -2.46. The van der Waals surface area contributed by atoms with E-state index >= 15 is 0 Å². The van der Waals surface area contributed by atoms with Crippen molar-refractivity contribution in [1.82, 2.24) is 24.7 Å². The lowest BCUT2D eigenvalue weighted by atomic mass is 10.00. The zero-order chi connectivity index (χ0) is 20.4. The van der Waals surface area contributed by atoms with E-state index < -0.39 is 0 Å². The summed E-state index contributed by atoms with van der Waals surface area (Å²) in [6, 6.07) is 0.529. The van der Waals surface area contributed by atoms with Gasteiger partial charge in [0.2, 0.25) is 11.8 Å². The van der Waals surface area contributed by atoms with Crippen LogP contribution in [0.25, 0.3) is 0 Å². The minimum absolute atomic E-state index is 0.0106. The molecule has 0 aliphatic carbocycles. The lowest BCUT2D eigenvalue weighted by molar-refractivity contribution is -0.134. The molecule has 29 heavy (non-hydrogen) atoms. The predicted molar refractivity (Wildman–Crippen MR) is 110 cm³/mol. The van der Waals surface area contributed by atoms with Gasteiger partial charge < -0.3 is 9.80 Å². The number of piperidine rings is 1. The van der Waals surface area contributed by atoms with Gasteiger partial charge in [-0.3, -0.25) is 14.5 Å². The fourth-order valence-corrected chi connectivity index (χ4v) is 5.09. The van der Waals surface area contributed by atoms with Crippen LogP contribution in [0.4, 0.5) is 0 Å². The zero-order valence-electron chi connectivity index (χ0n) is 17.8. The molecule has 4 heterocycles. The van der Waals surface area contributed by atoms with Gasteiger partial charge in [-0.15, -0.1) is 0 Å². The molecule has 4 rings (SSSR count). The molecule has 2 fully saturated rings. The molecule has 0 N–H and O–H groups in total. The fourth-order valence-electron chi connectivity index (χ4n) is 5.09. The van der Waals surface area contributed by atoms with E-state index in [-0.39, 0.29) is 17.9 Å². The van der Waals surface area contributed by atoms with Crippen molar-refractivity contribution in [3.63, 3.8) is 0 Å². The zero-order valence-corrected chi connectivity index (χ0v) is 17.8. The highest BCUT2D eigenvalue weighted by Gasteiger charge is 2.34. The van der Waals surface area contributed by atoms with Gasteiger partial charge in [0.1, 0.15) is 0 Å². The van der Waals surface area contributed by atoms with Crippen LogP contribution in [0.2, 0.25) is 0 Å². The van der Waals surface area contributed by atoms with Gasteiger partial charge in [-0.05, 0) is 38.6 Å². The van der Waals surface area contributed by atoms with E-state index in [1.807, 2.05) is 16.0 Å². The summed E-state index contributed by atoms with van der Waals surface area (Å²) in [5, 5.41) is 0. The van der Waals surface area contributed by atoms with Gasteiger partial charge in [0, 0.05) is 50.8 Å². The lowest BCUT2D eigenvalue weighted by Gasteiger charge is -2.36. The molecule has 3 aliphatic heterocycles. The number of carbonyl (C=O) groups excluding carboxylic acids is 2. The van der Waals surface area contributed by atoms with E-state index in [0.717, 1.165) is 55.9 Å². The Morgan fingerprint density at radius 2 is 2.00 bits per heavy atom. The van der Waals surface area contributed by atoms with Crippen LogP contribution < -0.4 is 0 Å².